The summed E-state index contributed by atoms with van der Waals surface area (Å²) >= 11 is 0. The zero-order valence-electron chi connectivity index (χ0n) is 12.1. The molecule has 0 aliphatic rings. The molecule has 5 heteroatoms. The number of rotatable bonds is 8. The summed E-state index contributed by atoms with van der Waals surface area (Å²) in [7, 11) is -3.73. The first-order chi connectivity index (χ1) is 9.54. The average Bonchev–Trinajstić information content (AvgIpc) is 2.47. The number of nitrogens with one attached hydrogen (secondary N) is 1. The zero-order chi connectivity index (χ0) is 15.1. The molecular formula is C15H22N2O2S. The van der Waals surface area contributed by atoms with Crippen molar-refractivity contribution in [1.82, 2.24) is 4.72 Å². The van der Waals surface area contributed by atoms with Crippen LogP contribution in [0.4, 0.5) is 0 Å². The van der Waals surface area contributed by atoms with E-state index in [-0.39, 0.29) is 0 Å². The Bertz CT molecular complexity index is 549. The number of hydrogen-bond acceptors (Lipinski definition) is 3. The van der Waals surface area contributed by atoms with Gasteiger partial charge in [0.05, 0.1) is 6.07 Å². The van der Waals surface area contributed by atoms with Gasteiger partial charge in [-0.2, -0.15) is 5.26 Å². The fraction of sp³-hybridized carbons (Fsp3) is 0.533. The van der Waals surface area contributed by atoms with Crippen LogP contribution in [0.1, 0.15) is 45.1 Å². The van der Waals surface area contributed by atoms with Crippen molar-refractivity contribution in [1.29, 1.82) is 5.26 Å². The van der Waals surface area contributed by atoms with Gasteiger partial charge in [0.1, 0.15) is 0 Å². The van der Waals surface area contributed by atoms with Gasteiger partial charge in [-0.3, -0.25) is 0 Å². The van der Waals surface area contributed by atoms with Gasteiger partial charge in [-0.05, 0) is 18.4 Å². The molecule has 1 aromatic carbocycles. The molecule has 1 N–H and O–H groups in total. The highest BCUT2D eigenvalue weighted by atomic mass is 32.2. The van der Waals surface area contributed by atoms with Gasteiger partial charge in [-0.15, -0.1) is 0 Å². The Hall–Kier alpha value is -1.38. The summed E-state index contributed by atoms with van der Waals surface area (Å²) in [5.74, 6) is 0. The molecule has 1 atom stereocenters. The van der Waals surface area contributed by atoms with E-state index in [1.54, 1.807) is 24.3 Å². The van der Waals surface area contributed by atoms with Crippen LogP contribution < -0.4 is 4.72 Å². The second kappa shape index (κ2) is 7.41. The van der Waals surface area contributed by atoms with Crippen LogP contribution in [0.2, 0.25) is 0 Å². The van der Waals surface area contributed by atoms with Crippen LogP contribution in [0, 0.1) is 11.3 Å². The lowest BCUT2D eigenvalue weighted by atomic mass is 9.94. The Balaban J connectivity index is 3.30. The molecule has 1 rings (SSSR count). The maximum Gasteiger partial charge on any atom is 0.235 e. The molecule has 0 aliphatic carbocycles. The molecule has 0 aliphatic heterocycles. The quantitative estimate of drug-likeness (QED) is 0.801. The Kier molecular flexibility index (Phi) is 6.18. The van der Waals surface area contributed by atoms with Gasteiger partial charge >= 0.3 is 0 Å². The van der Waals surface area contributed by atoms with E-state index < -0.39 is 14.8 Å². The van der Waals surface area contributed by atoms with Crippen molar-refractivity contribution in [2.75, 3.05) is 6.54 Å². The van der Waals surface area contributed by atoms with Crippen LogP contribution in [-0.2, 0) is 14.8 Å². The molecule has 20 heavy (non-hydrogen) atoms. The van der Waals surface area contributed by atoms with Gasteiger partial charge in [0, 0.05) is 6.54 Å². The molecule has 1 aromatic rings. The van der Waals surface area contributed by atoms with Crippen LogP contribution in [0.3, 0.4) is 0 Å². The molecule has 1 unspecified atom stereocenters. The van der Waals surface area contributed by atoms with E-state index in [4.69, 9.17) is 0 Å². The maximum absolute atomic E-state index is 12.6. The lowest BCUT2D eigenvalue weighted by molar-refractivity contribution is 0.521. The summed E-state index contributed by atoms with van der Waals surface area (Å²) in [5, 5.41) is 9.62. The van der Waals surface area contributed by atoms with Crippen molar-refractivity contribution in [3.63, 3.8) is 0 Å². The summed E-state index contributed by atoms with van der Waals surface area (Å²) in [6.07, 6.45) is 2.54. The molecule has 0 heterocycles. The van der Waals surface area contributed by atoms with Gasteiger partial charge in [0.2, 0.25) is 10.0 Å². The number of benzene rings is 1. The van der Waals surface area contributed by atoms with Crippen molar-refractivity contribution in [3.8, 4) is 6.07 Å². The van der Waals surface area contributed by atoms with Gasteiger partial charge in [0.25, 0.3) is 0 Å². The van der Waals surface area contributed by atoms with E-state index in [1.807, 2.05) is 19.9 Å². The van der Waals surface area contributed by atoms with E-state index in [2.05, 4.69) is 10.8 Å². The van der Waals surface area contributed by atoms with Gasteiger partial charge in [-0.25, -0.2) is 13.1 Å². The monoisotopic (exact) mass is 294 g/mol. The minimum Gasteiger partial charge on any atom is -0.214 e. The maximum atomic E-state index is 12.6. The third-order valence-corrected chi connectivity index (χ3v) is 5.34. The summed E-state index contributed by atoms with van der Waals surface area (Å²) in [6.45, 7) is 4.23. The molecule has 0 radical (unpaired) electrons. The number of nitrogens with zero attached hydrogens (tertiary/aromatic N) is 1. The number of nitriles is 1. The molecule has 0 saturated heterocycles. The van der Waals surface area contributed by atoms with Gasteiger partial charge in [-0.1, -0.05) is 57.0 Å². The predicted octanol–water partition coefficient (Wildman–Crippen LogP) is 2.93. The third-order valence-electron chi connectivity index (χ3n) is 3.30. The van der Waals surface area contributed by atoms with Gasteiger partial charge < -0.3 is 0 Å². The fourth-order valence-electron chi connectivity index (χ4n) is 2.11. The molecule has 0 bridgehead atoms. The van der Waals surface area contributed by atoms with Crippen LogP contribution in [0.5, 0.6) is 0 Å². The zero-order valence-corrected chi connectivity index (χ0v) is 12.9. The van der Waals surface area contributed by atoms with Crippen molar-refractivity contribution in [3.05, 3.63) is 35.9 Å². The van der Waals surface area contributed by atoms with E-state index >= 15 is 0 Å². The Labute approximate surface area is 121 Å². The van der Waals surface area contributed by atoms with E-state index in [1.165, 1.54) is 0 Å². The molecule has 0 fully saturated rings. The Morgan fingerprint density at radius 2 is 1.85 bits per heavy atom. The molecule has 0 spiro atoms. The first-order valence-electron chi connectivity index (χ1n) is 7.00. The SMILES string of the molecule is CCCCC(C#N)(c1ccccc1)S(=O)(=O)NCCC. The average molecular weight is 294 g/mol. The van der Waals surface area contributed by atoms with Crippen LogP contribution in [0.15, 0.2) is 30.3 Å². The highest BCUT2D eigenvalue weighted by Crippen LogP contribution is 2.34. The van der Waals surface area contributed by atoms with E-state index in [9.17, 15) is 13.7 Å². The number of hydrogen-bond donors (Lipinski definition) is 1. The molecule has 0 saturated carbocycles. The van der Waals surface area contributed by atoms with Crippen molar-refractivity contribution < 1.29 is 8.42 Å². The highest BCUT2D eigenvalue weighted by Gasteiger charge is 2.45. The van der Waals surface area contributed by atoms with E-state index in [0.717, 1.165) is 6.42 Å². The minimum atomic E-state index is -3.73. The Morgan fingerprint density at radius 1 is 1.20 bits per heavy atom. The lowest BCUT2D eigenvalue weighted by Crippen LogP contribution is -2.43. The first kappa shape index (κ1) is 16.7. The number of sulfonamides is 1. The number of unbranched alkanes of at least 4 members (excludes halogenated alkanes) is 1. The smallest absolute Gasteiger partial charge is 0.214 e. The van der Waals surface area contributed by atoms with Crippen LogP contribution in [-0.4, -0.2) is 15.0 Å². The third kappa shape index (κ3) is 3.38. The minimum absolute atomic E-state index is 0.309. The van der Waals surface area contributed by atoms with Crippen molar-refractivity contribution in [2.45, 2.75) is 44.3 Å². The molecular weight excluding hydrogens is 272 g/mol. The summed E-state index contributed by atoms with van der Waals surface area (Å²) in [6, 6.07) is 10.8. The summed E-state index contributed by atoms with van der Waals surface area (Å²) in [5.41, 5.74) is 0.541. The van der Waals surface area contributed by atoms with Crippen LogP contribution in [0.25, 0.3) is 0 Å². The topological polar surface area (TPSA) is 70.0 Å². The Morgan fingerprint density at radius 3 is 2.35 bits per heavy atom. The van der Waals surface area contributed by atoms with Crippen LogP contribution >= 0.6 is 0 Å². The van der Waals surface area contributed by atoms with Crippen molar-refractivity contribution in [2.24, 2.45) is 0 Å². The van der Waals surface area contributed by atoms with Crippen molar-refractivity contribution >= 4 is 10.0 Å². The highest BCUT2D eigenvalue weighted by molar-refractivity contribution is 7.90. The normalized spacial score (nSPS) is 14.4. The van der Waals surface area contributed by atoms with E-state index in [0.29, 0.717) is 31.4 Å². The lowest BCUT2D eigenvalue weighted by Gasteiger charge is -2.27. The summed E-state index contributed by atoms with van der Waals surface area (Å²) < 4.78 is 26.3. The molecule has 0 amide bonds. The first-order valence-corrected chi connectivity index (χ1v) is 8.48. The van der Waals surface area contributed by atoms with Gasteiger partial charge in [0.15, 0.2) is 4.75 Å². The molecule has 4 nitrogen and oxygen atoms in total. The predicted molar refractivity (Wildman–Crippen MR) is 80.5 cm³/mol. The molecule has 110 valence electrons. The molecule has 0 aromatic heterocycles. The summed E-state index contributed by atoms with van der Waals surface area (Å²) in [4.78, 5) is 0. The second-order valence-corrected chi connectivity index (χ2v) is 6.80. The standard InChI is InChI=1S/C15H22N2O2S/c1-3-5-11-15(13-16,14-9-7-6-8-10-14)20(18,19)17-12-4-2/h6-10,17H,3-5,11-12H2,1-2H3. The largest absolute Gasteiger partial charge is 0.235 e. The fourth-order valence-corrected chi connectivity index (χ4v) is 3.81. The second-order valence-electron chi connectivity index (χ2n) is 4.81.